The van der Waals surface area contributed by atoms with Gasteiger partial charge in [0, 0.05) is 14.1 Å². The van der Waals surface area contributed by atoms with Crippen LogP contribution in [0.25, 0.3) is 0 Å². The van der Waals surface area contributed by atoms with Crippen molar-refractivity contribution >= 4 is 23.0 Å². The molecule has 5 nitrogen and oxygen atoms in total. The molecule has 0 saturated heterocycles. The van der Waals surface area contributed by atoms with Crippen LogP contribution in [0.1, 0.15) is 5.56 Å². The predicted molar refractivity (Wildman–Crippen MR) is 83.2 cm³/mol. The highest BCUT2D eigenvalue weighted by molar-refractivity contribution is 6.33. The van der Waals surface area contributed by atoms with Crippen molar-refractivity contribution in [3.05, 3.63) is 63.2 Å². The zero-order valence-corrected chi connectivity index (χ0v) is 12.5. The van der Waals surface area contributed by atoms with E-state index in [0.717, 1.165) is 5.56 Å². The fourth-order valence-electron chi connectivity index (χ4n) is 1.87. The van der Waals surface area contributed by atoms with Gasteiger partial charge in [0.2, 0.25) is 0 Å². The third-order valence-corrected chi connectivity index (χ3v) is 3.25. The van der Waals surface area contributed by atoms with Crippen LogP contribution in [0, 0.1) is 10.1 Å². The number of anilines is 1. The number of rotatable bonds is 5. The van der Waals surface area contributed by atoms with Crippen LogP contribution in [0.2, 0.25) is 5.02 Å². The number of nitro benzene ring substituents is 1. The lowest BCUT2D eigenvalue weighted by Gasteiger charge is -2.18. The van der Waals surface area contributed by atoms with Gasteiger partial charge in [0.1, 0.15) is 17.4 Å². The number of halogens is 1. The second kappa shape index (κ2) is 6.45. The highest BCUT2D eigenvalue weighted by Crippen LogP contribution is 2.37. The third kappa shape index (κ3) is 3.64. The van der Waals surface area contributed by atoms with Crippen molar-refractivity contribution in [1.82, 2.24) is 0 Å². The second-order valence-corrected chi connectivity index (χ2v) is 5.10. The van der Waals surface area contributed by atoms with E-state index in [1.807, 2.05) is 44.4 Å². The van der Waals surface area contributed by atoms with Crippen molar-refractivity contribution in [3.8, 4) is 5.75 Å². The van der Waals surface area contributed by atoms with Gasteiger partial charge in [0.15, 0.2) is 0 Å². The van der Waals surface area contributed by atoms with Crippen LogP contribution in [0.4, 0.5) is 11.4 Å². The summed E-state index contributed by atoms with van der Waals surface area (Å²) in [5.74, 6) is 0.431. The van der Waals surface area contributed by atoms with Gasteiger partial charge in [-0.1, -0.05) is 41.9 Å². The van der Waals surface area contributed by atoms with Crippen LogP contribution >= 0.6 is 11.6 Å². The summed E-state index contributed by atoms with van der Waals surface area (Å²) in [5.41, 5.74) is 1.52. The van der Waals surface area contributed by atoms with E-state index >= 15 is 0 Å². The Kier molecular flexibility index (Phi) is 4.65. The molecule has 0 saturated carbocycles. The van der Waals surface area contributed by atoms with Crippen LogP contribution in [-0.2, 0) is 6.61 Å². The number of hydrogen-bond acceptors (Lipinski definition) is 4. The SMILES string of the molecule is CN(C)c1cc(Cl)c([N+](=O)[O-])cc1OCc1ccccc1. The van der Waals surface area contributed by atoms with Crippen LogP contribution in [0.15, 0.2) is 42.5 Å². The number of nitrogens with zero attached hydrogens (tertiary/aromatic N) is 2. The minimum atomic E-state index is -0.517. The Balaban J connectivity index is 2.31. The molecular weight excluding hydrogens is 292 g/mol. The molecule has 2 aromatic rings. The number of benzene rings is 2. The molecule has 21 heavy (non-hydrogen) atoms. The minimum absolute atomic E-state index is 0.0933. The summed E-state index contributed by atoms with van der Waals surface area (Å²) in [5, 5.41) is 11.1. The van der Waals surface area contributed by atoms with Gasteiger partial charge in [-0.2, -0.15) is 0 Å². The maximum atomic E-state index is 11.0. The van der Waals surface area contributed by atoms with E-state index in [4.69, 9.17) is 16.3 Å². The van der Waals surface area contributed by atoms with E-state index < -0.39 is 4.92 Å². The Bertz CT molecular complexity index is 645. The number of hydrogen-bond donors (Lipinski definition) is 0. The van der Waals surface area contributed by atoms with Gasteiger partial charge in [0.05, 0.1) is 16.7 Å². The van der Waals surface area contributed by atoms with E-state index in [0.29, 0.717) is 18.0 Å². The number of ether oxygens (including phenoxy) is 1. The molecule has 110 valence electrons. The quantitative estimate of drug-likeness (QED) is 0.621. The standard InChI is InChI=1S/C15H15ClN2O3/c1-17(2)14-8-12(16)13(18(19)20)9-15(14)21-10-11-6-4-3-5-7-11/h3-9H,10H2,1-2H3. The monoisotopic (exact) mass is 306 g/mol. The molecule has 0 N–H and O–H groups in total. The first-order chi connectivity index (χ1) is 9.99. The molecular formula is C15H15ClN2O3. The normalized spacial score (nSPS) is 10.2. The van der Waals surface area contributed by atoms with Gasteiger partial charge < -0.3 is 9.64 Å². The first-order valence-electron chi connectivity index (χ1n) is 6.31. The molecule has 0 aliphatic heterocycles. The fraction of sp³-hybridized carbons (Fsp3) is 0.200. The van der Waals surface area contributed by atoms with Gasteiger partial charge in [-0.3, -0.25) is 10.1 Å². The Morgan fingerprint density at radius 1 is 1.24 bits per heavy atom. The molecule has 0 aliphatic rings. The highest BCUT2D eigenvalue weighted by Gasteiger charge is 2.19. The molecule has 0 fully saturated rings. The maximum absolute atomic E-state index is 11.0. The zero-order chi connectivity index (χ0) is 15.4. The molecule has 0 unspecified atom stereocenters. The van der Waals surface area contributed by atoms with Crippen molar-refractivity contribution in [2.75, 3.05) is 19.0 Å². The van der Waals surface area contributed by atoms with Crippen LogP contribution in [-0.4, -0.2) is 19.0 Å². The molecule has 0 heterocycles. The summed E-state index contributed by atoms with van der Waals surface area (Å²) in [4.78, 5) is 12.3. The smallest absolute Gasteiger partial charge is 0.291 e. The Morgan fingerprint density at radius 2 is 1.90 bits per heavy atom. The Morgan fingerprint density at radius 3 is 2.48 bits per heavy atom. The molecule has 0 spiro atoms. The molecule has 0 aliphatic carbocycles. The molecule has 0 amide bonds. The van der Waals surface area contributed by atoms with Crippen molar-refractivity contribution in [1.29, 1.82) is 0 Å². The first-order valence-corrected chi connectivity index (χ1v) is 6.69. The van der Waals surface area contributed by atoms with E-state index in [1.54, 1.807) is 11.0 Å². The first kappa shape index (κ1) is 15.1. The van der Waals surface area contributed by atoms with Crippen LogP contribution in [0.3, 0.4) is 0 Å². The lowest BCUT2D eigenvalue weighted by atomic mass is 10.2. The van der Waals surface area contributed by atoms with Gasteiger partial charge in [-0.25, -0.2) is 0 Å². The molecule has 6 heteroatoms. The molecule has 2 aromatic carbocycles. The van der Waals surface area contributed by atoms with Gasteiger partial charge in [-0.05, 0) is 11.6 Å². The zero-order valence-electron chi connectivity index (χ0n) is 11.7. The van der Waals surface area contributed by atoms with Crippen LogP contribution in [0.5, 0.6) is 5.75 Å². The minimum Gasteiger partial charge on any atom is -0.486 e. The Labute approximate surface area is 127 Å². The molecule has 0 bridgehead atoms. The number of nitro groups is 1. The van der Waals surface area contributed by atoms with Gasteiger partial charge in [-0.15, -0.1) is 0 Å². The van der Waals surface area contributed by atoms with Crippen molar-refractivity contribution in [2.24, 2.45) is 0 Å². The summed E-state index contributed by atoms with van der Waals surface area (Å²) in [7, 11) is 3.65. The summed E-state index contributed by atoms with van der Waals surface area (Å²) in [6.07, 6.45) is 0. The summed E-state index contributed by atoms with van der Waals surface area (Å²) >= 11 is 5.93. The highest BCUT2D eigenvalue weighted by atomic mass is 35.5. The lowest BCUT2D eigenvalue weighted by molar-refractivity contribution is -0.384. The van der Waals surface area contributed by atoms with Gasteiger partial charge in [0.25, 0.3) is 5.69 Å². The third-order valence-electron chi connectivity index (χ3n) is 2.94. The van der Waals surface area contributed by atoms with Crippen molar-refractivity contribution in [3.63, 3.8) is 0 Å². The van der Waals surface area contributed by atoms with Crippen LogP contribution < -0.4 is 9.64 Å². The largest absolute Gasteiger partial charge is 0.486 e. The van der Waals surface area contributed by atoms with E-state index in [-0.39, 0.29) is 10.7 Å². The van der Waals surface area contributed by atoms with E-state index in [2.05, 4.69) is 0 Å². The average molecular weight is 307 g/mol. The molecule has 0 atom stereocenters. The summed E-state index contributed by atoms with van der Waals surface area (Å²) < 4.78 is 5.73. The van der Waals surface area contributed by atoms with Gasteiger partial charge >= 0.3 is 0 Å². The van der Waals surface area contributed by atoms with Crippen molar-refractivity contribution in [2.45, 2.75) is 6.61 Å². The Hall–Kier alpha value is -2.27. The fourth-order valence-corrected chi connectivity index (χ4v) is 2.10. The molecule has 2 rings (SSSR count). The molecule has 0 aromatic heterocycles. The topological polar surface area (TPSA) is 55.6 Å². The van der Waals surface area contributed by atoms with E-state index in [9.17, 15) is 10.1 Å². The summed E-state index contributed by atoms with van der Waals surface area (Å²) in [6.45, 7) is 0.334. The maximum Gasteiger partial charge on any atom is 0.291 e. The molecule has 0 radical (unpaired) electrons. The summed E-state index contributed by atoms with van der Waals surface area (Å²) in [6, 6.07) is 12.5. The predicted octanol–water partition coefficient (Wildman–Crippen LogP) is 3.89. The lowest BCUT2D eigenvalue weighted by Crippen LogP contribution is -2.11. The second-order valence-electron chi connectivity index (χ2n) is 4.70. The average Bonchev–Trinajstić information content (AvgIpc) is 2.46. The van der Waals surface area contributed by atoms with E-state index in [1.165, 1.54) is 6.07 Å². The van der Waals surface area contributed by atoms with Crippen molar-refractivity contribution < 1.29 is 9.66 Å².